The maximum Gasteiger partial charge on any atom is 0.383 e. The Morgan fingerprint density at radius 2 is 1.65 bits per heavy atom. The minimum Gasteiger partial charge on any atom is -0.507 e. The first kappa shape index (κ1) is 14.2. The average molecular weight is 278 g/mol. The summed E-state index contributed by atoms with van der Waals surface area (Å²) >= 11 is 0. The first-order chi connectivity index (χ1) is 9.40. The van der Waals surface area contributed by atoms with Crippen LogP contribution in [0.5, 0.6) is 17.2 Å². The Morgan fingerprint density at radius 3 is 2.25 bits per heavy atom. The Kier molecular flexibility index (Phi) is 3.88. The predicted octanol–water partition coefficient (Wildman–Crippen LogP) is 3.07. The van der Waals surface area contributed by atoms with Gasteiger partial charge in [-0.2, -0.15) is 0 Å². The van der Waals surface area contributed by atoms with Crippen LogP contribution >= 0.6 is 0 Å². The number of aromatic hydroxyl groups is 1. The van der Waals surface area contributed by atoms with Crippen LogP contribution in [0.3, 0.4) is 0 Å². The molecule has 0 spiro atoms. The highest BCUT2D eigenvalue weighted by Gasteiger charge is 2.21. The zero-order chi connectivity index (χ0) is 14.9. The maximum atomic E-state index is 12.0. The molecule has 0 atom stereocenters. The van der Waals surface area contributed by atoms with Crippen molar-refractivity contribution in [1.82, 2.24) is 0 Å². The van der Waals surface area contributed by atoms with Crippen LogP contribution < -0.4 is 15.1 Å². The van der Waals surface area contributed by atoms with E-state index >= 15 is 0 Å². The number of ether oxygens (including phenoxy) is 2. The molecule has 0 amide bonds. The lowest BCUT2D eigenvalue weighted by Gasteiger charge is -2.17. The molecule has 0 aliphatic carbocycles. The standard InChI is InChI=1S/C15H18O5/c1-8(2)18-13-12-10(16)6-5-7-11(12)20-15(17)14(13)19-9(3)4/h5-9,16H,1-4H3. The Balaban J connectivity index is 2.79. The van der Waals surface area contributed by atoms with Gasteiger partial charge < -0.3 is 19.0 Å². The lowest BCUT2D eigenvalue weighted by Crippen LogP contribution is -2.17. The van der Waals surface area contributed by atoms with E-state index in [1.165, 1.54) is 6.07 Å². The largest absolute Gasteiger partial charge is 0.507 e. The minimum absolute atomic E-state index is 0.0114. The molecule has 0 saturated carbocycles. The molecule has 0 aliphatic rings. The molecule has 5 heteroatoms. The lowest BCUT2D eigenvalue weighted by atomic mass is 10.2. The summed E-state index contributed by atoms with van der Waals surface area (Å²) in [5.74, 6) is 0.191. The van der Waals surface area contributed by atoms with Crippen molar-refractivity contribution < 1.29 is 19.0 Å². The van der Waals surface area contributed by atoms with Gasteiger partial charge in [0, 0.05) is 0 Å². The van der Waals surface area contributed by atoms with E-state index in [4.69, 9.17) is 13.9 Å². The summed E-state index contributed by atoms with van der Waals surface area (Å²) in [6.07, 6.45) is -0.384. The summed E-state index contributed by atoms with van der Waals surface area (Å²) in [4.78, 5) is 12.0. The normalized spacial score (nSPS) is 11.3. The van der Waals surface area contributed by atoms with Crippen LogP contribution in [0.1, 0.15) is 27.7 Å². The fourth-order valence-electron chi connectivity index (χ4n) is 1.87. The van der Waals surface area contributed by atoms with Crippen LogP contribution in [0.25, 0.3) is 11.0 Å². The molecular weight excluding hydrogens is 260 g/mol. The van der Waals surface area contributed by atoms with Gasteiger partial charge in [-0.25, -0.2) is 4.79 Å². The van der Waals surface area contributed by atoms with Gasteiger partial charge in [0.05, 0.1) is 12.2 Å². The fraction of sp³-hybridized carbons (Fsp3) is 0.400. The van der Waals surface area contributed by atoms with E-state index in [0.29, 0.717) is 5.39 Å². The quantitative estimate of drug-likeness (QED) is 0.870. The lowest BCUT2D eigenvalue weighted by molar-refractivity contribution is 0.192. The second-order valence-electron chi connectivity index (χ2n) is 5.03. The molecule has 0 bridgehead atoms. The van der Waals surface area contributed by atoms with Crippen molar-refractivity contribution in [3.63, 3.8) is 0 Å². The Labute approximate surface area is 116 Å². The first-order valence-corrected chi connectivity index (χ1v) is 6.52. The molecule has 1 N–H and O–H groups in total. The first-order valence-electron chi connectivity index (χ1n) is 6.52. The van der Waals surface area contributed by atoms with Crippen molar-refractivity contribution in [1.29, 1.82) is 0 Å². The minimum atomic E-state index is -0.618. The Bertz CT molecular complexity index is 670. The van der Waals surface area contributed by atoms with Crippen molar-refractivity contribution in [2.75, 3.05) is 0 Å². The molecule has 0 radical (unpaired) electrons. The van der Waals surface area contributed by atoms with E-state index in [1.807, 2.05) is 13.8 Å². The highest BCUT2D eigenvalue weighted by Crippen LogP contribution is 2.39. The summed E-state index contributed by atoms with van der Waals surface area (Å²) < 4.78 is 16.4. The van der Waals surface area contributed by atoms with Crippen molar-refractivity contribution in [3.05, 3.63) is 28.6 Å². The average Bonchev–Trinajstić information content (AvgIpc) is 2.32. The topological polar surface area (TPSA) is 68.9 Å². The number of phenols is 1. The summed E-state index contributed by atoms with van der Waals surface area (Å²) in [5, 5.41) is 10.4. The Morgan fingerprint density at radius 1 is 1.05 bits per heavy atom. The molecule has 0 unspecified atom stereocenters. The van der Waals surface area contributed by atoms with Gasteiger partial charge in [-0.3, -0.25) is 0 Å². The third-order valence-electron chi connectivity index (χ3n) is 2.53. The molecule has 2 rings (SSSR count). The van der Waals surface area contributed by atoms with E-state index < -0.39 is 5.63 Å². The van der Waals surface area contributed by atoms with Gasteiger partial charge in [-0.1, -0.05) is 6.07 Å². The van der Waals surface area contributed by atoms with Gasteiger partial charge in [0.15, 0.2) is 5.75 Å². The van der Waals surface area contributed by atoms with Gasteiger partial charge in [0.2, 0.25) is 5.75 Å². The number of hydrogen-bond acceptors (Lipinski definition) is 5. The molecule has 1 heterocycles. The number of phenolic OH excluding ortho intramolecular Hbond substituents is 1. The Hall–Kier alpha value is -2.17. The third kappa shape index (κ3) is 2.71. The fourth-order valence-corrected chi connectivity index (χ4v) is 1.87. The van der Waals surface area contributed by atoms with Gasteiger partial charge >= 0.3 is 5.63 Å². The summed E-state index contributed by atoms with van der Waals surface area (Å²) in [5.41, 5.74) is -0.353. The van der Waals surface area contributed by atoms with E-state index in [2.05, 4.69) is 0 Å². The van der Waals surface area contributed by atoms with Crippen LogP contribution in [0, 0.1) is 0 Å². The smallest absolute Gasteiger partial charge is 0.383 e. The van der Waals surface area contributed by atoms with Crippen LogP contribution in [-0.2, 0) is 0 Å². The van der Waals surface area contributed by atoms with Crippen LogP contribution in [0.2, 0.25) is 0 Å². The highest BCUT2D eigenvalue weighted by atomic mass is 16.5. The van der Waals surface area contributed by atoms with Gasteiger partial charge in [-0.05, 0) is 39.8 Å². The number of hydrogen-bond donors (Lipinski definition) is 1. The van der Waals surface area contributed by atoms with Crippen molar-refractivity contribution in [3.8, 4) is 17.2 Å². The van der Waals surface area contributed by atoms with Gasteiger partial charge in [0.1, 0.15) is 16.7 Å². The zero-order valence-corrected chi connectivity index (χ0v) is 12.0. The predicted molar refractivity (Wildman–Crippen MR) is 75.7 cm³/mol. The van der Waals surface area contributed by atoms with Gasteiger partial charge in [-0.15, -0.1) is 0 Å². The summed E-state index contributed by atoms with van der Waals surface area (Å²) in [6, 6.07) is 4.71. The molecule has 108 valence electrons. The number of rotatable bonds is 4. The molecule has 0 fully saturated rings. The van der Waals surface area contributed by atoms with Crippen molar-refractivity contribution in [2.45, 2.75) is 39.9 Å². The molecule has 1 aromatic carbocycles. The summed E-state index contributed by atoms with van der Waals surface area (Å²) in [7, 11) is 0. The molecule has 0 aliphatic heterocycles. The molecule has 1 aromatic heterocycles. The molecule has 5 nitrogen and oxygen atoms in total. The number of fused-ring (bicyclic) bond motifs is 1. The number of benzene rings is 1. The molecular formula is C15H18O5. The second-order valence-corrected chi connectivity index (χ2v) is 5.03. The SMILES string of the molecule is CC(C)Oc1c(OC(C)C)c2c(O)cccc2oc1=O. The molecule has 0 saturated heterocycles. The van der Waals surface area contributed by atoms with Crippen molar-refractivity contribution in [2.24, 2.45) is 0 Å². The maximum absolute atomic E-state index is 12.0. The summed E-state index contributed by atoms with van der Waals surface area (Å²) in [6.45, 7) is 7.26. The van der Waals surface area contributed by atoms with E-state index in [-0.39, 0.29) is 35.0 Å². The van der Waals surface area contributed by atoms with E-state index in [9.17, 15) is 9.90 Å². The van der Waals surface area contributed by atoms with Gasteiger partial charge in [0.25, 0.3) is 0 Å². The molecule has 20 heavy (non-hydrogen) atoms. The third-order valence-corrected chi connectivity index (χ3v) is 2.53. The second kappa shape index (κ2) is 5.45. The molecule has 2 aromatic rings. The van der Waals surface area contributed by atoms with Crippen molar-refractivity contribution >= 4 is 11.0 Å². The monoisotopic (exact) mass is 278 g/mol. The highest BCUT2D eigenvalue weighted by molar-refractivity contribution is 5.91. The zero-order valence-electron chi connectivity index (χ0n) is 12.0. The van der Waals surface area contributed by atoms with Crippen LogP contribution in [0.15, 0.2) is 27.4 Å². The van der Waals surface area contributed by atoms with Crippen LogP contribution in [0.4, 0.5) is 0 Å². The van der Waals surface area contributed by atoms with Crippen LogP contribution in [-0.4, -0.2) is 17.3 Å². The van der Waals surface area contributed by atoms with E-state index in [0.717, 1.165) is 0 Å². The van der Waals surface area contributed by atoms with E-state index in [1.54, 1.807) is 26.0 Å².